The highest BCUT2D eigenvalue weighted by Gasteiger charge is 2.23. The van der Waals surface area contributed by atoms with Crippen LogP contribution in [0.5, 0.6) is 0 Å². The molecular formula is C34H31FN6OS. The number of piperazine rings is 1. The minimum absolute atomic E-state index is 0.111. The van der Waals surface area contributed by atoms with Crippen LogP contribution in [0, 0.1) is 17.1 Å². The number of benzene rings is 3. The third kappa shape index (κ3) is 6.76. The molecule has 5 aromatic rings. The largest absolute Gasteiger partial charge is 0.368 e. The zero-order chi connectivity index (χ0) is 29.6. The molecular weight excluding hydrogens is 559 g/mol. The number of carbonyl (C=O) groups excluding carboxylic acids is 1. The Balaban J connectivity index is 1.17. The van der Waals surface area contributed by atoms with E-state index in [2.05, 4.69) is 49.7 Å². The number of carbonyl (C=O) groups is 1. The van der Waals surface area contributed by atoms with Gasteiger partial charge in [-0.05, 0) is 71.1 Å². The van der Waals surface area contributed by atoms with Gasteiger partial charge in [0, 0.05) is 56.8 Å². The maximum Gasteiger partial charge on any atom is 0.264 e. The first-order valence-electron chi connectivity index (χ1n) is 14.2. The Morgan fingerprint density at radius 2 is 1.63 bits per heavy atom. The van der Waals surface area contributed by atoms with E-state index in [1.165, 1.54) is 23.5 Å². The van der Waals surface area contributed by atoms with Gasteiger partial charge in [-0.15, -0.1) is 11.3 Å². The zero-order valence-electron chi connectivity index (χ0n) is 23.6. The minimum Gasteiger partial charge on any atom is -0.368 e. The molecule has 0 radical (unpaired) electrons. The fourth-order valence-electron chi connectivity index (χ4n) is 5.35. The van der Waals surface area contributed by atoms with Crippen molar-refractivity contribution in [1.29, 1.82) is 5.26 Å². The van der Waals surface area contributed by atoms with Gasteiger partial charge in [0.25, 0.3) is 5.91 Å². The minimum atomic E-state index is -0.252. The van der Waals surface area contributed by atoms with Crippen molar-refractivity contribution in [2.24, 2.45) is 0 Å². The number of nitriles is 1. The van der Waals surface area contributed by atoms with Crippen molar-refractivity contribution in [1.82, 2.24) is 14.5 Å². The van der Waals surface area contributed by atoms with Gasteiger partial charge in [0.2, 0.25) is 0 Å². The zero-order valence-corrected chi connectivity index (χ0v) is 24.5. The third-order valence-corrected chi connectivity index (χ3v) is 8.61. The van der Waals surface area contributed by atoms with Gasteiger partial charge in [-0.3, -0.25) is 4.79 Å². The van der Waals surface area contributed by atoms with E-state index in [-0.39, 0.29) is 11.7 Å². The lowest BCUT2D eigenvalue weighted by Gasteiger charge is -2.36. The van der Waals surface area contributed by atoms with Crippen LogP contribution in [-0.4, -0.2) is 46.5 Å². The molecule has 7 nitrogen and oxygen atoms in total. The van der Waals surface area contributed by atoms with Crippen molar-refractivity contribution in [3.8, 4) is 6.07 Å². The van der Waals surface area contributed by atoms with Crippen molar-refractivity contribution in [3.63, 3.8) is 0 Å². The van der Waals surface area contributed by atoms with Crippen molar-refractivity contribution in [2.75, 3.05) is 36.0 Å². The fraction of sp³-hybridized carbons (Fsp3) is 0.206. The first kappa shape index (κ1) is 28.2. The Bertz CT molecular complexity index is 1680. The Morgan fingerprint density at radius 3 is 2.30 bits per heavy atom. The maximum atomic E-state index is 13.7. The number of hydrogen-bond donors (Lipinski definition) is 0. The monoisotopic (exact) mass is 590 g/mol. The van der Waals surface area contributed by atoms with Crippen molar-refractivity contribution >= 4 is 28.6 Å². The van der Waals surface area contributed by atoms with Gasteiger partial charge in [-0.1, -0.05) is 30.3 Å². The Kier molecular flexibility index (Phi) is 8.47. The molecule has 216 valence electrons. The van der Waals surface area contributed by atoms with E-state index in [1.807, 2.05) is 71.3 Å². The third-order valence-electron chi connectivity index (χ3n) is 7.75. The summed E-state index contributed by atoms with van der Waals surface area (Å²) in [6.07, 6.45) is 3.71. The lowest BCUT2D eigenvalue weighted by atomic mass is 10.1. The predicted molar refractivity (Wildman–Crippen MR) is 168 cm³/mol. The van der Waals surface area contributed by atoms with Crippen molar-refractivity contribution < 1.29 is 9.18 Å². The van der Waals surface area contributed by atoms with E-state index in [1.54, 1.807) is 0 Å². The summed E-state index contributed by atoms with van der Waals surface area (Å²) in [5, 5.41) is 11.1. The number of amides is 1. The SMILES string of the molecule is N#Cc1ccc(Cn2cncc2CN(Cc2ccc(F)cc2)c2ccc(N3CCN(C(=O)c4cccs4)CC3)cc2)cc1. The van der Waals surface area contributed by atoms with Gasteiger partial charge < -0.3 is 19.3 Å². The van der Waals surface area contributed by atoms with Gasteiger partial charge >= 0.3 is 0 Å². The Morgan fingerprint density at radius 1 is 0.907 bits per heavy atom. The number of nitrogens with zero attached hydrogens (tertiary/aromatic N) is 6. The number of halogens is 1. The molecule has 0 saturated carbocycles. The number of imidazole rings is 1. The quantitative estimate of drug-likeness (QED) is 0.205. The Hall–Kier alpha value is -4.94. The second-order valence-electron chi connectivity index (χ2n) is 10.6. The van der Waals surface area contributed by atoms with Crippen LogP contribution in [0.25, 0.3) is 0 Å². The molecule has 1 saturated heterocycles. The molecule has 3 heterocycles. The first-order valence-corrected chi connectivity index (χ1v) is 15.1. The summed E-state index contributed by atoms with van der Waals surface area (Å²) < 4.78 is 15.8. The number of anilines is 2. The molecule has 1 aliphatic rings. The number of hydrogen-bond acceptors (Lipinski definition) is 6. The van der Waals surface area contributed by atoms with Crippen molar-refractivity contribution in [3.05, 3.63) is 136 Å². The van der Waals surface area contributed by atoms with E-state index < -0.39 is 0 Å². The summed E-state index contributed by atoms with van der Waals surface area (Å²) in [5.74, 6) is -0.141. The molecule has 6 rings (SSSR count). The molecule has 0 N–H and O–H groups in total. The molecule has 1 amide bonds. The molecule has 43 heavy (non-hydrogen) atoms. The molecule has 0 bridgehead atoms. The molecule has 3 aromatic carbocycles. The van der Waals surface area contributed by atoms with E-state index in [4.69, 9.17) is 5.26 Å². The molecule has 1 fully saturated rings. The van der Waals surface area contributed by atoms with E-state index in [0.717, 1.165) is 46.2 Å². The highest BCUT2D eigenvalue weighted by atomic mass is 32.1. The topological polar surface area (TPSA) is 68.4 Å². The first-order chi connectivity index (χ1) is 21.1. The molecule has 2 aromatic heterocycles. The summed E-state index contributed by atoms with van der Waals surface area (Å²) in [7, 11) is 0. The van der Waals surface area contributed by atoms with Crippen LogP contribution in [0.3, 0.4) is 0 Å². The summed E-state index contributed by atoms with van der Waals surface area (Å²) in [6, 6.07) is 28.7. The normalized spacial score (nSPS) is 13.1. The molecule has 0 aliphatic carbocycles. The summed E-state index contributed by atoms with van der Waals surface area (Å²) in [5.41, 5.74) is 5.95. The summed E-state index contributed by atoms with van der Waals surface area (Å²) in [6.45, 7) is 4.80. The lowest BCUT2D eigenvalue weighted by molar-refractivity contribution is 0.0751. The number of thiophene rings is 1. The van der Waals surface area contributed by atoms with Gasteiger partial charge in [0.1, 0.15) is 5.82 Å². The van der Waals surface area contributed by atoms with Crippen LogP contribution in [0.15, 0.2) is 103 Å². The van der Waals surface area contributed by atoms with Gasteiger partial charge in [-0.25, -0.2) is 9.37 Å². The second kappa shape index (κ2) is 12.9. The number of rotatable bonds is 9. The standard InChI is InChI=1S/C34H31FN6OS/c35-29-9-7-28(8-10-29)22-40(24-32-21-37-25-41(32)23-27-5-3-26(20-36)4-6-27)31-13-11-30(12-14-31)38-15-17-39(18-16-38)34(42)33-2-1-19-43-33/h1-14,19,21,25H,15-18,22-24H2. The van der Waals surface area contributed by atoms with E-state index in [9.17, 15) is 9.18 Å². The molecule has 0 unspecified atom stereocenters. The Labute approximate surface area is 254 Å². The van der Waals surface area contributed by atoms with Crippen LogP contribution >= 0.6 is 11.3 Å². The van der Waals surface area contributed by atoms with E-state index >= 15 is 0 Å². The van der Waals surface area contributed by atoms with Gasteiger partial charge in [-0.2, -0.15) is 5.26 Å². The fourth-order valence-corrected chi connectivity index (χ4v) is 6.04. The highest BCUT2D eigenvalue weighted by Crippen LogP contribution is 2.26. The van der Waals surface area contributed by atoms with Gasteiger partial charge in [0.05, 0.1) is 35.1 Å². The molecule has 9 heteroatoms. The average molecular weight is 591 g/mol. The average Bonchev–Trinajstić information content (AvgIpc) is 3.75. The molecule has 0 spiro atoms. The smallest absolute Gasteiger partial charge is 0.264 e. The van der Waals surface area contributed by atoms with Crippen LogP contribution in [-0.2, 0) is 19.6 Å². The maximum absolute atomic E-state index is 13.7. The van der Waals surface area contributed by atoms with Crippen LogP contribution in [0.4, 0.5) is 15.8 Å². The summed E-state index contributed by atoms with van der Waals surface area (Å²) >= 11 is 1.49. The van der Waals surface area contributed by atoms with Crippen LogP contribution in [0.1, 0.15) is 32.1 Å². The molecule has 0 atom stereocenters. The van der Waals surface area contributed by atoms with Crippen LogP contribution in [0.2, 0.25) is 0 Å². The summed E-state index contributed by atoms with van der Waals surface area (Å²) in [4.78, 5) is 24.5. The molecule has 1 aliphatic heterocycles. The van der Waals surface area contributed by atoms with Crippen molar-refractivity contribution in [2.45, 2.75) is 19.6 Å². The van der Waals surface area contributed by atoms with Crippen LogP contribution < -0.4 is 9.80 Å². The second-order valence-corrected chi connectivity index (χ2v) is 11.5. The van der Waals surface area contributed by atoms with Gasteiger partial charge in [0.15, 0.2) is 0 Å². The number of aromatic nitrogens is 2. The predicted octanol–water partition coefficient (Wildman–Crippen LogP) is 6.17. The van der Waals surface area contributed by atoms with E-state index in [0.29, 0.717) is 38.3 Å². The highest BCUT2D eigenvalue weighted by molar-refractivity contribution is 7.12. The lowest BCUT2D eigenvalue weighted by Crippen LogP contribution is -2.48.